The molecule has 2 heteroatoms. The van der Waals surface area contributed by atoms with Gasteiger partial charge in [-0.15, -0.1) is 0 Å². The van der Waals surface area contributed by atoms with Crippen molar-refractivity contribution in [1.82, 2.24) is 0 Å². The second-order valence-corrected chi connectivity index (χ2v) is 12.0. The minimum atomic E-state index is -0.0631. The van der Waals surface area contributed by atoms with Gasteiger partial charge >= 0.3 is 0 Å². The fourth-order valence-corrected chi connectivity index (χ4v) is 7.06. The van der Waals surface area contributed by atoms with Crippen LogP contribution in [-0.4, -0.2) is 23.9 Å². The normalized spacial score (nSPS) is 18.9. The smallest absolute Gasteiger partial charge is 0.210 e. The van der Waals surface area contributed by atoms with Gasteiger partial charge in [-0.2, -0.15) is 4.58 Å². The number of fused-ring (bicyclic) bond motifs is 6. The topological polar surface area (TPSA) is 6.25 Å². The molecule has 2 aliphatic rings. The highest BCUT2D eigenvalue weighted by molar-refractivity contribution is 6.07. The number of likely N-dealkylation sites (N-methyl/N-ethyl adjacent to an activating group) is 1. The van der Waals surface area contributed by atoms with Gasteiger partial charge in [0.25, 0.3) is 0 Å². The van der Waals surface area contributed by atoms with Crippen LogP contribution in [0.4, 0.5) is 11.4 Å². The first-order valence-corrected chi connectivity index (χ1v) is 14.4. The zero-order valence-corrected chi connectivity index (χ0v) is 24.6. The molecule has 0 aliphatic carbocycles. The Morgan fingerprint density at radius 1 is 0.675 bits per heavy atom. The molecule has 2 nitrogen and oxygen atoms in total. The van der Waals surface area contributed by atoms with Crippen molar-refractivity contribution in [2.45, 2.75) is 45.4 Å². The Morgan fingerprint density at radius 3 is 1.98 bits per heavy atom. The minimum absolute atomic E-state index is 0.0609. The maximum absolute atomic E-state index is 2.46. The molecule has 0 saturated carbocycles. The number of hydrogen-bond acceptors (Lipinski definition) is 1. The molecule has 0 N–H and O–H groups in total. The lowest BCUT2D eigenvalue weighted by Crippen LogP contribution is -2.26. The molecule has 0 saturated heterocycles. The van der Waals surface area contributed by atoms with E-state index in [-0.39, 0.29) is 10.8 Å². The van der Waals surface area contributed by atoms with E-state index in [1.54, 1.807) is 0 Å². The Hall–Kier alpha value is -4.17. The number of allylic oxidation sites excluding steroid dienone is 8. The molecule has 0 amide bonds. The Bertz CT molecular complexity index is 1790. The second-order valence-electron chi connectivity index (χ2n) is 12.0. The van der Waals surface area contributed by atoms with E-state index < -0.39 is 0 Å². The Balaban J connectivity index is 1.23. The highest BCUT2D eigenvalue weighted by Crippen LogP contribution is 2.50. The van der Waals surface area contributed by atoms with Crippen molar-refractivity contribution in [3.63, 3.8) is 0 Å². The van der Waals surface area contributed by atoms with Gasteiger partial charge in [0.1, 0.15) is 7.05 Å². The van der Waals surface area contributed by atoms with Crippen molar-refractivity contribution in [2.24, 2.45) is 0 Å². The van der Waals surface area contributed by atoms with E-state index in [1.165, 1.54) is 55.5 Å². The summed E-state index contributed by atoms with van der Waals surface area (Å²) in [5.41, 5.74) is 8.01. The fraction of sp³-hybridized carbons (Fsp3) is 0.237. The van der Waals surface area contributed by atoms with Crippen LogP contribution in [0.1, 0.15) is 45.7 Å². The predicted octanol–water partition coefficient (Wildman–Crippen LogP) is 9.37. The van der Waals surface area contributed by atoms with Crippen LogP contribution < -0.4 is 4.90 Å². The SMILES string of the molecule is CCN1C(=CC=CC=CC=CC2=[N+](C)c3ccc4ccccc4c3C2(C)C)C(C)(C)c2c1ccc1ccccc21. The van der Waals surface area contributed by atoms with Crippen molar-refractivity contribution in [2.75, 3.05) is 18.5 Å². The fourth-order valence-electron chi connectivity index (χ4n) is 7.06. The first-order valence-electron chi connectivity index (χ1n) is 14.4. The van der Waals surface area contributed by atoms with Crippen molar-refractivity contribution in [1.29, 1.82) is 0 Å². The van der Waals surface area contributed by atoms with Gasteiger partial charge < -0.3 is 4.90 Å². The summed E-state index contributed by atoms with van der Waals surface area (Å²) in [6.45, 7) is 12.6. The van der Waals surface area contributed by atoms with E-state index in [4.69, 9.17) is 0 Å². The van der Waals surface area contributed by atoms with Gasteiger partial charge in [-0.05, 0) is 66.1 Å². The van der Waals surface area contributed by atoms with Gasteiger partial charge in [0.2, 0.25) is 5.69 Å². The van der Waals surface area contributed by atoms with Crippen molar-refractivity contribution in [3.05, 3.63) is 132 Å². The molecule has 4 aromatic rings. The number of hydrogen-bond donors (Lipinski definition) is 0. The van der Waals surface area contributed by atoms with Crippen LogP contribution in [0.15, 0.2) is 121 Å². The molecule has 0 radical (unpaired) electrons. The molecule has 40 heavy (non-hydrogen) atoms. The lowest BCUT2D eigenvalue weighted by molar-refractivity contribution is -0.401. The molecule has 0 aromatic heterocycles. The van der Waals surface area contributed by atoms with Gasteiger partial charge in [0.15, 0.2) is 5.71 Å². The zero-order valence-electron chi connectivity index (χ0n) is 24.6. The molecule has 6 rings (SSSR count). The van der Waals surface area contributed by atoms with E-state index >= 15 is 0 Å². The molecule has 0 unspecified atom stereocenters. The molecule has 0 spiro atoms. The molecule has 0 atom stereocenters. The van der Waals surface area contributed by atoms with Crippen LogP contribution in [0.25, 0.3) is 21.5 Å². The largest absolute Gasteiger partial charge is 0.344 e. The zero-order chi connectivity index (χ0) is 28.1. The maximum Gasteiger partial charge on any atom is 0.210 e. The summed E-state index contributed by atoms with van der Waals surface area (Å²) in [6.07, 6.45) is 15.3. The summed E-state index contributed by atoms with van der Waals surface area (Å²) in [5, 5.41) is 5.31. The Morgan fingerprint density at radius 2 is 1.27 bits per heavy atom. The van der Waals surface area contributed by atoms with Gasteiger partial charge in [-0.3, -0.25) is 0 Å². The van der Waals surface area contributed by atoms with Crippen LogP contribution >= 0.6 is 0 Å². The Labute approximate surface area is 239 Å². The highest BCUT2D eigenvalue weighted by atomic mass is 15.2. The minimum Gasteiger partial charge on any atom is -0.344 e. The van der Waals surface area contributed by atoms with Gasteiger partial charge in [0, 0.05) is 41.1 Å². The lowest BCUT2D eigenvalue weighted by Gasteiger charge is -2.26. The predicted molar refractivity (Wildman–Crippen MR) is 173 cm³/mol. The standard InChI is InChI=1S/C38H39N2/c1-7-40-32-26-24-28-18-14-16-20-30(28)36(32)38(4,5)34(40)22-12-10-8-9-11-21-33-37(2,3)35-29-19-15-13-17-27(29)23-25-31(35)39(33)6/h8-26H,7H2,1-6H3/q+1. The van der Waals surface area contributed by atoms with E-state index in [2.05, 4.69) is 166 Å². The molecule has 0 bridgehead atoms. The summed E-state index contributed by atoms with van der Waals surface area (Å²) in [7, 11) is 2.18. The lowest BCUT2D eigenvalue weighted by atomic mass is 9.79. The third-order valence-corrected chi connectivity index (χ3v) is 8.92. The molecular formula is C38H39N2+. The quantitative estimate of drug-likeness (QED) is 0.187. The summed E-state index contributed by atoms with van der Waals surface area (Å²) in [6, 6.07) is 26.5. The van der Waals surface area contributed by atoms with E-state index in [0.29, 0.717) is 0 Å². The van der Waals surface area contributed by atoms with Crippen LogP contribution in [0, 0.1) is 0 Å². The summed E-state index contributed by atoms with van der Waals surface area (Å²) >= 11 is 0. The number of nitrogens with zero attached hydrogens (tertiary/aromatic N) is 2. The van der Waals surface area contributed by atoms with Crippen LogP contribution in [0.5, 0.6) is 0 Å². The first kappa shape index (κ1) is 26.1. The molecule has 2 aliphatic heterocycles. The van der Waals surface area contributed by atoms with Gasteiger partial charge in [0.05, 0.1) is 5.41 Å². The van der Waals surface area contributed by atoms with Crippen LogP contribution in [0.2, 0.25) is 0 Å². The van der Waals surface area contributed by atoms with Crippen molar-refractivity contribution in [3.8, 4) is 0 Å². The van der Waals surface area contributed by atoms with E-state index in [9.17, 15) is 0 Å². The molecule has 4 aromatic carbocycles. The third kappa shape index (κ3) is 3.97. The molecule has 200 valence electrons. The third-order valence-electron chi connectivity index (χ3n) is 8.92. The van der Waals surface area contributed by atoms with Crippen LogP contribution in [-0.2, 0) is 10.8 Å². The average Bonchev–Trinajstić information content (AvgIpc) is 3.30. The monoisotopic (exact) mass is 523 g/mol. The highest BCUT2D eigenvalue weighted by Gasteiger charge is 2.44. The summed E-state index contributed by atoms with van der Waals surface area (Å²) < 4.78 is 2.34. The molecular weight excluding hydrogens is 484 g/mol. The van der Waals surface area contributed by atoms with Gasteiger partial charge in [-0.25, -0.2) is 0 Å². The van der Waals surface area contributed by atoms with Crippen molar-refractivity contribution < 1.29 is 4.58 Å². The summed E-state index contributed by atoms with van der Waals surface area (Å²) in [4.78, 5) is 2.46. The molecule has 2 heterocycles. The van der Waals surface area contributed by atoms with E-state index in [1.807, 2.05) is 0 Å². The number of rotatable bonds is 5. The molecule has 0 fully saturated rings. The number of benzene rings is 4. The Kier molecular flexibility index (Phi) is 6.38. The second kappa shape index (κ2) is 9.78. The number of anilines is 1. The van der Waals surface area contributed by atoms with E-state index in [0.717, 1.165) is 6.54 Å². The first-order chi connectivity index (χ1) is 19.3. The van der Waals surface area contributed by atoms with Crippen molar-refractivity contribution >= 4 is 38.6 Å². The van der Waals surface area contributed by atoms with Gasteiger partial charge in [-0.1, -0.05) is 98.8 Å². The maximum atomic E-state index is 2.46. The average molecular weight is 524 g/mol. The summed E-state index contributed by atoms with van der Waals surface area (Å²) in [5.74, 6) is 0. The van der Waals surface area contributed by atoms with Crippen LogP contribution in [0.3, 0.4) is 0 Å².